The molecule has 4 heteroatoms. The molecule has 2 rings (SSSR count). The van der Waals surface area contributed by atoms with Gasteiger partial charge < -0.3 is 20.1 Å². The first-order valence-corrected chi connectivity index (χ1v) is 6.38. The van der Waals surface area contributed by atoms with Crippen molar-refractivity contribution in [3.63, 3.8) is 0 Å². The number of β-amino-alcohol motifs (C(OH)–C–C–N with tert-alkyl or cyclic N) is 1. The molecule has 0 aromatic heterocycles. The van der Waals surface area contributed by atoms with E-state index in [0.29, 0.717) is 6.61 Å². The molecule has 0 aromatic carbocycles. The van der Waals surface area contributed by atoms with E-state index in [1.807, 2.05) is 13.8 Å². The van der Waals surface area contributed by atoms with E-state index in [9.17, 15) is 5.11 Å². The maximum Gasteiger partial charge on any atom is 0.0900 e. The summed E-state index contributed by atoms with van der Waals surface area (Å²) < 4.78 is 5.42. The van der Waals surface area contributed by atoms with Crippen LogP contribution in [0.3, 0.4) is 0 Å². The molecule has 0 saturated carbocycles. The molecule has 0 aromatic rings. The summed E-state index contributed by atoms with van der Waals surface area (Å²) in [6, 6.07) is 0. The Balaban J connectivity index is 1.66. The van der Waals surface area contributed by atoms with Gasteiger partial charge in [-0.05, 0) is 38.8 Å². The number of hydrogen-bond donors (Lipinski definition) is 2. The molecule has 2 fully saturated rings. The summed E-state index contributed by atoms with van der Waals surface area (Å²) in [6.07, 6.45) is -0.133. The van der Waals surface area contributed by atoms with Crippen LogP contribution in [-0.2, 0) is 4.74 Å². The minimum atomic E-state index is -0.339. The van der Waals surface area contributed by atoms with Gasteiger partial charge in [-0.2, -0.15) is 0 Å². The molecule has 4 nitrogen and oxygen atoms in total. The third-order valence-electron chi connectivity index (χ3n) is 3.56. The number of fused-ring (bicyclic) bond motifs is 1. The third-order valence-corrected chi connectivity index (χ3v) is 3.56. The van der Waals surface area contributed by atoms with Crippen molar-refractivity contribution in [1.29, 1.82) is 0 Å². The van der Waals surface area contributed by atoms with Crippen LogP contribution < -0.4 is 5.32 Å². The summed E-state index contributed by atoms with van der Waals surface area (Å²) in [7, 11) is 0. The van der Waals surface area contributed by atoms with Crippen molar-refractivity contribution < 1.29 is 9.84 Å². The molecule has 0 amide bonds. The Bertz CT molecular complexity index is 211. The molecule has 0 aliphatic carbocycles. The van der Waals surface area contributed by atoms with Gasteiger partial charge in [0.2, 0.25) is 0 Å². The smallest absolute Gasteiger partial charge is 0.0900 e. The summed E-state index contributed by atoms with van der Waals surface area (Å²) in [5, 5.41) is 13.3. The predicted octanol–water partition coefficient (Wildman–Crippen LogP) is -0.0765. The zero-order valence-electron chi connectivity index (χ0n) is 10.4. The van der Waals surface area contributed by atoms with Crippen LogP contribution in [-0.4, -0.2) is 61.5 Å². The standard InChI is InChI=1S/C12H24N2O2/c1-9(2)16-8-12(15)7-14-5-10-3-13-4-11(10)6-14/h9-13,15H,3-8H2,1-2H3. The van der Waals surface area contributed by atoms with Gasteiger partial charge in [-0.25, -0.2) is 0 Å². The van der Waals surface area contributed by atoms with Crippen LogP contribution in [0.4, 0.5) is 0 Å². The number of rotatable bonds is 5. The molecule has 94 valence electrons. The van der Waals surface area contributed by atoms with E-state index < -0.39 is 0 Å². The number of hydrogen-bond acceptors (Lipinski definition) is 4. The van der Waals surface area contributed by atoms with Gasteiger partial charge in [0.25, 0.3) is 0 Å². The molecule has 3 unspecified atom stereocenters. The summed E-state index contributed by atoms with van der Waals surface area (Å²) in [5.41, 5.74) is 0. The Labute approximate surface area is 98.0 Å². The number of nitrogens with one attached hydrogen (secondary N) is 1. The Morgan fingerprint density at radius 1 is 1.31 bits per heavy atom. The van der Waals surface area contributed by atoms with Crippen molar-refractivity contribution in [1.82, 2.24) is 10.2 Å². The minimum Gasteiger partial charge on any atom is -0.389 e. The highest BCUT2D eigenvalue weighted by Crippen LogP contribution is 2.26. The van der Waals surface area contributed by atoms with Crippen LogP contribution in [0.15, 0.2) is 0 Å². The second-order valence-electron chi connectivity index (χ2n) is 5.43. The quantitative estimate of drug-likeness (QED) is 0.691. The van der Waals surface area contributed by atoms with Crippen molar-refractivity contribution in [2.75, 3.05) is 39.3 Å². The zero-order valence-corrected chi connectivity index (χ0v) is 10.4. The van der Waals surface area contributed by atoms with E-state index in [1.54, 1.807) is 0 Å². The Morgan fingerprint density at radius 3 is 2.50 bits per heavy atom. The highest BCUT2D eigenvalue weighted by molar-refractivity contribution is 4.91. The van der Waals surface area contributed by atoms with Crippen LogP contribution in [0.25, 0.3) is 0 Å². The van der Waals surface area contributed by atoms with E-state index in [1.165, 1.54) is 0 Å². The van der Waals surface area contributed by atoms with Crippen LogP contribution in [0.1, 0.15) is 13.8 Å². The SMILES string of the molecule is CC(C)OCC(O)CN1CC2CNCC2C1. The molecule has 0 bridgehead atoms. The summed E-state index contributed by atoms with van der Waals surface area (Å²) in [5.74, 6) is 1.61. The Morgan fingerprint density at radius 2 is 1.94 bits per heavy atom. The first-order valence-electron chi connectivity index (χ1n) is 6.38. The molecule has 0 radical (unpaired) electrons. The molecule has 2 aliphatic heterocycles. The number of ether oxygens (including phenoxy) is 1. The van der Waals surface area contributed by atoms with Crippen LogP contribution in [0.2, 0.25) is 0 Å². The summed E-state index contributed by atoms with van der Waals surface area (Å²) in [4.78, 5) is 2.38. The molecule has 3 atom stereocenters. The van der Waals surface area contributed by atoms with Crippen molar-refractivity contribution in [3.05, 3.63) is 0 Å². The van der Waals surface area contributed by atoms with Crippen molar-refractivity contribution >= 4 is 0 Å². The van der Waals surface area contributed by atoms with Gasteiger partial charge in [0.1, 0.15) is 0 Å². The lowest BCUT2D eigenvalue weighted by Crippen LogP contribution is -2.35. The van der Waals surface area contributed by atoms with E-state index in [-0.39, 0.29) is 12.2 Å². The van der Waals surface area contributed by atoms with E-state index in [4.69, 9.17) is 4.74 Å². The molecule has 2 saturated heterocycles. The minimum absolute atomic E-state index is 0.205. The van der Waals surface area contributed by atoms with Crippen molar-refractivity contribution in [2.45, 2.75) is 26.1 Å². The highest BCUT2D eigenvalue weighted by atomic mass is 16.5. The van der Waals surface area contributed by atoms with Gasteiger partial charge >= 0.3 is 0 Å². The number of aliphatic hydroxyl groups is 1. The van der Waals surface area contributed by atoms with E-state index in [2.05, 4.69) is 10.2 Å². The fourth-order valence-corrected chi connectivity index (χ4v) is 2.76. The van der Waals surface area contributed by atoms with E-state index in [0.717, 1.165) is 44.6 Å². The average molecular weight is 228 g/mol. The second kappa shape index (κ2) is 5.45. The zero-order chi connectivity index (χ0) is 11.5. The van der Waals surface area contributed by atoms with Gasteiger partial charge in [0.05, 0.1) is 18.8 Å². The van der Waals surface area contributed by atoms with Crippen LogP contribution in [0, 0.1) is 11.8 Å². The van der Waals surface area contributed by atoms with E-state index >= 15 is 0 Å². The average Bonchev–Trinajstić information content (AvgIpc) is 2.74. The summed E-state index contributed by atoms with van der Waals surface area (Å²) in [6.45, 7) is 9.80. The predicted molar refractivity (Wildman–Crippen MR) is 63.4 cm³/mol. The normalized spacial score (nSPS) is 32.2. The topological polar surface area (TPSA) is 44.7 Å². The van der Waals surface area contributed by atoms with Gasteiger partial charge in [0, 0.05) is 19.6 Å². The first kappa shape index (κ1) is 12.3. The fourth-order valence-electron chi connectivity index (χ4n) is 2.76. The lowest BCUT2D eigenvalue weighted by atomic mass is 10.0. The largest absolute Gasteiger partial charge is 0.389 e. The molecular weight excluding hydrogens is 204 g/mol. The highest BCUT2D eigenvalue weighted by Gasteiger charge is 2.36. The molecule has 0 spiro atoms. The van der Waals surface area contributed by atoms with Gasteiger partial charge in [-0.3, -0.25) is 0 Å². The Hall–Kier alpha value is -0.160. The maximum atomic E-state index is 9.84. The lowest BCUT2D eigenvalue weighted by Gasteiger charge is -2.21. The number of likely N-dealkylation sites (tertiary alicyclic amines) is 1. The molecule has 2 heterocycles. The van der Waals surface area contributed by atoms with Crippen molar-refractivity contribution in [2.24, 2.45) is 11.8 Å². The fraction of sp³-hybridized carbons (Fsp3) is 1.00. The molecular formula is C12H24N2O2. The lowest BCUT2D eigenvalue weighted by molar-refractivity contribution is -0.00654. The first-order chi connectivity index (χ1) is 7.65. The molecule has 16 heavy (non-hydrogen) atoms. The van der Waals surface area contributed by atoms with Gasteiger partial charge in [-0.15, -0.1) is 0 Å². The summed E-state index contributed by atoms with van der Waals surface area (Å²) >= 11 is 0. The van der Waals surface area contributed by atoms with Crippen LogP contribution in [0.5, 0.6) is 0 Å². The number of aliphatic hydroxyl groups excluding tert-OH is 1. The number of nitrogens with zero attached hydrogens (tertiary/aromatic N) is 1. The molecule has 2 N–H and O–H groups in total. The van der Waals surface area contributed by atoms with Crippen molar-refractivity contribution in [3.8, 4) is 0 Å². The molecule has 2 aliphatic rings. The second-order valence-corrected chi connectivity index (χ2v) is 5.43. The van der Waals surface area contributed by atoms with Gasteiger partial charge in [-0.1, -0.05) is 0 Å². The third kappa shape index (κ3) is 3.17. The van der Waals surface area contributed by atoms with Gasteiger partial charge in [0.15, 0.2) is 0 Å². The Kier molecular flexibility index (Phi) is 4.19. The van der Waals surface area contributed by atoms with Crippen LogP contribution >= 0.6 is 0 Å². The maximum absolute atomic E-state index is 9.84. The monoisotopic (exact) mass is 228 g/mol.